The third kappa shape index (κ3) is 6.90. The summed E-state index contributed by atoms with van der Waals surface area (Å²) in [4.78, 5) is 39.0. The van der Waals surface area contributed by atoms with Gasteiger partial charge in [0.1, 0.15) is 10.6 Å². The highest BCUT2D eigenvalue weighted by Gasteiger charge is 2.23. The molecule has 8 heteroatoms. The summed E-state index contributed by atoms with van der Waals surface area (Å²) in [6, 6.07) is 22.6. The van der Waals surface area contributed by atoms with Gasteiger partial charge in [0.05, 0.1) is 12.4 Å². The molecule has 38 heavy (non-hydrogen) atoms. The van der Waals surface area contributed by atoms with Crippen LogP contribution in [0.1, 0.15) is 38.8 Å². The highest BCUT2D eigenvalue weighted by atomic mass is 32.2. The molecule has 0 aliphatic rings. The number of ether oxygens (including phenoxy) is 1. The fraction of sp³-hybridized carbons (Fsp3) is 0.167. The van der Waals surface area contributed by atoms with Gasteiger partial charge in [-0.2, -0.15) is 0 Å². The molecule has 1 aromatic heterocycles. The molecule has 4 aromatic rings. The smallest absolute Gasteiger partial charge is 0.341 e. The van der Waals surface area contributed by atoms with E-state index < -0.39 is 5.97 Å². The number of hydrogen-bond acceptors (Lipinski definition) is 6. The van der Waals surface area contributed by atoms with E-state index in [0.717, 1.165) is 27.1 Å². The van der Waals surface area contributed by atoms with Crippen LogP contribution >= 0.6 is 23.1 Å². The summed E-state index contributed by atoms with van der Waals surface area (Å²) in [5.41, 5.74) is 5.33. The molecule has 194 valence electrons. The number of carbonyl (C=O) groups excluding carboxylic acids is 3. The Kier molecular flexibility index (Phi) is 8.99. The quantitative estimate of drug-likeness (QED) is 0.172. The number of thiophene rings is 1. The molecule has 2 amide bonds. The molecule has 0 unspecified atom stereocenters. The molecular weight excluding hydrogens is 516 g/mol. The fourth-order valence-corrected chi connectivity index (χ4v) is 5.49. The minimum atomic E-state index is -0.468. The zero-order valence-corrected chi connectivity index (χ0v) is 23.0. The lowest BCUT2D eigenvalue weighted by atomic mass is 10.0. The Hall–Kier alpha value is -3.88. The lowest BCUT2D eigenvalue weighted by Gasteiger charge is -2.10. The molecule has 0 saturated carbocycles. The Bertz CT molecular complexity index is 1460. The van der Waals surface area contributed by atoms with E-state index in [1.54, 1.807) is 13.0 Å². The van der Waals surface area contributed by atoms with Crippen LogP contribution in [0.25, 0.3) is 11.1 Å². The lowest BCUT2D eigenvalue weighted by molar-refractivity contribution is -0.113. The molecule has 0 aliphatic heterocycles. The molecule has 3 aromatic carbocycles. The summed E-state index contributed by atoms with van der Waals surface area (Å²) >= 11 is 2.64. The zero-order chi connectivity index (χ0) is 27.1. The third-order valence-corrected chi connectivity index (χ3v) is 7.52. The van der Waals surface area contributed by atoms with Crippen LogP contribution in [0, 0.1) is 13.8 Å². The Morgan fingerprint density at radius 3 is 2.39 bits per heavy atom. The van der Waals surface area contributed by atoms with Gasteiger partial charge in [-0.25, -0.2) is 4.79 Å². The van der Waals surface area contributed by atoms with E-state index in [0.29, 0.717) is 21.8 Å². The van der Waals surface area contributed by atoms with Gasteiger partial charge < -0.3 is 15.4 Å². The Morgan fingerprint density at radius 1 is 0.895 bits per heavy atom. The maximum absolute atomic E-state index is 12.8. The van der Waals surface area contributed by atoms with Crippen LogP contribution < -0.4 is 10.6 Å². The van der Waals surface area contributed by atoms with E-state index in [1.165, 1.54) is 23.1 Å². The molecule has 0 aliphatic carbocycles. The van der Waals surface area contributed by atoms with Gasteiger partial charge in [0.15, 0.2) is 0 Å². The van der Waals surface area contributed by atoms with E-state index in [4.69, 9.17) is 4.74 Å². The fourth-order valence-electron chi connectivity index (χ4n) is 3.77. The summed E-state index contributed by atoms with van der Waals surface area (Å²) in [6.07, 6.45) is 0. The van der Waals surface area contributed by atoms with Crippen molar-refractivity contribution >= 4 is 51.6 Å². The van der Waals surface area contributed by atoms with Crippen molar-refractivity contribution in [3.8, 4) is 11.1 Å². The molecule has 0 bridgehead atoms. The van der Waals surface area contributed by atoms with Crippen molar-refractivity contribution in [2.24, 2.45) is 0 Å². The maximum atomic E-state index is 12.8. The molecule has 0 saturated heterocycles. The number of rotatable bonds is 9. The number of aryl methyl sites for hydroxylation is 2. The number of benzene rings is 3. The first kappa shape index (κ1) is 27.2. The van der Waals surface area contributed by atoms with Gasteiger partial charge in [-0.1, -0.05) is 53.6 Å². The molecule has 0 spiro atoms. The highest BCUT2D eigenvalue weighted by Crippen LogP contribution is 2.36. The maximum Gasteiger partial charge on any atom is 0.341 e. The van der Waals surface area contributed by atoms with Gasteiger partial charge in [0, 0.05) is 27.1 Å². The van der Waals surface area contributed by atoms with Gasteiger partial charge in [-0.15, -0.1) is 23.1 Å². The minimum absolute atomic E-state index is 0.134. The number of nitrogens with one attached hydrogen (secondary N) is 2. The Balaban J connectivity index is 1.43. The first-order valence-electron chi connectivity index (χ1n) is 12.1. The van der Waals surface area contributed by atoms with Gasteiger partial charge in [-0.3, -0.25) is 9.59 Å². The monoisotopic (exact) mass is 544 g/mol. The van der Waals surface area contributed by atoms with Gasteiger partial charge >= 0.3 is 5.97 Å². The summed E-state index contributed by atoms with van der Waals surface area (Å²) in [5.74, 6) is -0.770. The molecule has 0 radical (unpaired) electrons. The second-order valence-corrected chi connectivity index (χ2v) is 10.6. The zero-order valence-electron chi connectivity index (χ0n) is 21.4. The standard InChI is InChI=1S/C30H28N2O4S2/c1-4-36-30(35)27-25(21-13-11-19(2)12-14-21)17-38-29(27)32-26(33)18-37-24-10-6-9-23(16-24)31-28(34)22-8-5-7-20(3)15-22/h5-17H,4,18H2,1-3H3,(H,31,34)(H,32,33). The van der Waals surface area contributed by atoms with Gasteiger partial charge in [-0.05, 0) is 56.7 Å². The van der Waals surface area contributed by atoms with Crippen molar-refractivity contribution in [2.75, 3.05) is 23.0 Å². The van der Waals surface area contributed by atoms with E-state index in [-0.39, 0.29) is 24.2 Å². The van der Waals surface area contributed by atoms with E-state index in [2.05, 4.69) is 10.6 Å². The molecule has 0 atom stereocenters. The molecule has 1 heterocycles. The second-order valence-electron chi connectivity index (χ2n) is 8.63. The molecule has 6 nitrogen and oxygen atoms in total. The number of anilines is 2. The first-order chi connectivity index (χ1) is 18.3. The predicted molar refractivity (Wildman–Crippen MR) is 155 cm³/mol. The number of esters is 1. The average molecular weight is 545 g/mol. The third-order valence-electron chi connectivity index (χ3n) is 5.63. The van der Waals surface area contributed by atoms with E-state index >= 15 is 0 Å². The molecule has 4 rings (SSSR count). The van der Waals surface area contributed by atoms with Crippen molar-refractivity contribution in [3.05, 3.63) is 100 Å². The molecule has 2 N–H and O–H groups in total. The number of thioether (sulfide) groups is 1. The van der Waals surface area contributed by atoms with E-state index in [1.807, 2.05) is 86.0 Å². The second kappa shape index (κ2) is 12.6. The van der Waals surface area contributed by atoms with Crippen molar-refractivity contribution in [3.63, 3.8) is 0 Å². The number of hydrogen-bond donors (Lipinski definition) is 2. The lowest BCUT2D eigenvalue weighted by Crippen LogP contribution is -2.16. The van der Waals surface area contributed by atoms with Crippen LogP contribution in [0.3, 0.4) is 0 Å². The van der Waals surface area contributed by atoms with Crippen LogP contribution in [-0.2, 0) is 9.53 Å². The highest BCUT2D eigenvalue weighted by molar-refractivity contribution is 8.00. The summed E-state index contributed by atoms with van der Waals surface area (Å²) < 4.78 is 5.28. The Labute approximate surface area is 230 Å². The van der Waals surface area contributed by atoms with Crippen molar-refractivity contribution < 1.29 is 19.1 Å². The van der Waals surface area contributed by atoms with Crippen LogP contribution in [0.2, 0.25) is 0 Å². The van der Waals surface area contributed by atoms with Gasteiger partial charge in [0.2, 0.25) is 5.91 Å². The SMILES string of the molecule is CCOC(=O)c1c(-c2ccc(C)cc2)csc1NC(=O)CSc1cccc(NC(=O)c2cccc(C)c2)c1. The van der Waals surface area contributed by atoms with Crippen LogP contribution in [0.4, 0.5) is 10.7 Å². The normalized spacial score (nSPS) is 10.6. The van der Waals surface area contributed by atoms with Crippen LogP contribution in [-0.4, -0.2) is 30.1 Å². The molecular formula is C30H28N2O4S2. The first-order valence-corrected chi connectivity index (χ1v) is 14.0. The minimum Gasteiger partial charge on any atom is -0.462 e. The van der Waals surface area contributed by atoms with Crippen molar-refractivity contribution in [1.29, 1.82) is 0 Å². The van der Waals surface area contributed by atoms with Crippen LogP contribution in [0.5, 0.6) is 0 Å². The Morgan fingerprint density at radius 2 is 1.66 bits per heavy atom. The summed E-state index contributed by atoms with van der Waals surface area (Å²) in [7, 11) is 0. The largest absolute Gasteiger partial charge is 0.462 e. The average Bonchev–Trinajstić information content (AvgIpc) is 3.31. The van der Waals surface area contributed by atoms with Crippen molar-refractivity contribution in [1.82, 2.24) is 0 Å². The topological polar surface area (TPSA) is 84.5 Å². The van der Waals surface area contributed by atoms with E-state index in [9.17, 15) is 14.4 Å². The number of carbonyl (C=O) groups is 3. The van der Waals surface area contributed by atoms with Crippen LogP contribution in [0.15, 0.2) is 83.1 Å². The summed E-state index contributed by atoms with van der Waals surface area (Å²) in [6.45, 7) is 5.93. The number of amides is 2. The molecule has 0 fully saturated rings. The summed E-state index contributed by atoms with van der Waals surface area (Å²) in [5, 5.41) is 8.11. The predicted octanol–water partition coefficient (Wildman–Crippen LogP) is 7.19. The van der Waals surface area contributed by atoms with Crippen molar-refractivity contribution in [2.45, 2.75) is 25.7 Å². The van der Waals surface area contributed by atoms with Gasteiger partial charge in [0.25, 0.3) is 5.91 Å².